The highest BCUT2D eigenvalue weighted by Gasteiger charge is 1.97. The predicted octanol–water partition coefficient (Wildman–Crippen LogP) is 1.93. The molecule has 0 aliphatic heterocycles. The summed E-state index contributed by atoms with van der Waals surface area (Å²) in [7, 11) is 0. The SMILES string of the molecule is OCCCOc1ccc2[nH]ccc2c1. The van der Waals surface area contributed by atoms with Crippen molar-refractivity contribution in [1.82, 2.24) is 4.98 Å². The fourth-order valence-corrected chi connectivity index (χ4v) is 1.38. The Morgan fingerprint density at radius 2 is 2.21 bits per heavy atom. The summed E-state index contributed by atoms with van der Waals surface area (Å²) >= 11 is 0. The van der Waals surface area contributed by atoms with E-state index in [4.69, 9.17) is 9.84 Å². The van der Waals surface area contributed by atoms with Crippen LogP contribution < -0.4 is 4.74 Å². The van der Waals surface area contributed by atoms with Crippen molar-refractivity contribution in [2.75, 3.05) is 13.2 Å². The van der Waals surface area contributed by atoms with E-state index in [1.165, 1.54) is 0 Å². The van der Waals surface area contributed by atoms with Gasteiger partial charge in [0.25, 0.3) is 0 Å². The van der Waals surface area contributed by atoms with E-state index in [9.17, 15) is 0 Å². The van der Waals surface area contributed by atoms with Crippen molar-refractivity contribution in [3.8, 4) is 5.75 Å². The summed E-state index contributed by atoms with van der Waals surface area (Å²) in [6.45, 7) is 0.735. The van der Waals surface area contributed by atoms with Gasteiger partial charge >= 0.3 is 0 Å². The largest absolute Gasteiger partial charge is 0.493 e. The van der Waals surface area contributed by atoms with Crippen LogP contribution in [0.1, 0.15) is 6.42 Å². The topological polar surface area (TPSA) is 45.2 Å². The Bertz CT molecular complexity index is 408. The molecule has 1 aromatic heterocycles. The number of hydrogen-bond acceptors (Lipinski definition) is 2. The normalized spacial score (nSPS) is 10.6. The van der Waals surface area contributed by atoms with Gasteiger partial charge in [-0.3, -0.25) is 0 Å². The number of aliphatic hydroxyl groups excluding tert-OH is 1. The maximum Gasteiger partial charge on any atom is 0.120 e. The number of aromatic nitrogens is 1. The highest BCUT2D eigenvalue weighted by Crippen LogP contribution is 2.19. The molecule has 0 unspecified atom stereocenters. The molecule has 1 heterocycles. The summed E-state index contributed by atoms with van der Waals surface area (Å²) in [5.74, 6) is 0.852. The maximum atomic E-state index is 8.60. The Hall–Kier alpha value is -1.48. The van der Waals surface area contributed by atoms with Crippen LogP contribution in [0, 0.1) is 0 Å². The molecule has 2 aromatic rings. The van der Waals surface area contributed by atoms with E-state index >= 15 is 0 Å². The Labute approximate surface area is 82.3 Å². The lowest BCUT2D eigenvalue weighted by molar-refractivity contribution is 0.234. The fourth-order valence-electron chi connectivity index (χ4n) is 1.38. The van der Waals surface area contributed by atoms with Crippen LogP contribution in [0.2, 0.25) is 0 Å². The van der Waals surface area contributed by atoms with Gasteiger partial charge in [0.05, 0.1) is 6.61 Å². The first-order valence-electron chi connectivity index (χ1n) is 4.71. The average molecular weight is 191 g/mol. The van der Waals surface area contributed by atoms with E-state index in [2.05, 4.69) is 4.98 Å². The van der Waals surface area contributed by atoms with Gasteiger partial charge in [0.2, 0.25) is 0 Å². The lowest BCUT2D eigenvalue weighted by Crippen LogP contribution is -1.99. The molecule has 2 rings (SSSR count). The second-order valence-electron chi connectivity index (χ2n) is 3.15. The molecule has 1 aromatic carbocycles. The van der Waals surface area contributed by atoms with Crippen molar-refractivity contribution in [1.29, 1.82) is 0 Å². The number of nitrogens with one attached hydrogen (secondary N) is 1. The molecule has 2 N–H and O–H groups in total. The standard InChI is InChI=1S/C11H13NO2/c13-6-1-7-14-10-2-3-11-9(8-10)4-5-12-11/h2-5,8,12-13H,1,6-7H2. The summed E-state index contributed by atoms with van der Waals surface area (Å²) in [6, 6.07) is 7.91. The van der Waals surface area contributed by atoms with Gasteiger partial charge in [0.1, 0.15) is 5.75 Å². The van der Waals surface area contributed by atoms with Crippen molar-refractivity contribution in [3.63, 3.8) is 0 Å². The molecule has 0 atom stereocenters. The molecule has 0 aliphatic carbocycles. The van der Waals surface area contributed by atoms with Crippen LogP contribution in [-0.4, -0.2) is 23.3 Å². The third-order valence-electron chi connectivity index (χ3n) is 2.10. The summed E-state index contributed by atoms with van der Waals surface area (Å²) in [5.41, 5.74) is 1.11. The second kappa shape index (κ2) is 4.15. The van der Waals surface area contributed by atoms with E-state index in [0.29, 0.717) is 13.0 Å². The molecule has 0 bridgehead atoms. The Morgan fingerprint density at radius 1 is 1.29 bits per heavy atom. The third-order valence-corrected chi connectivity index (χ3v) is 2.10. The molecular weight excluding hydrogens is 178 g/mol. The molecule has 74 valence electrons. The number of ether oxygens (including phenoxy) is 1. The Morgan fingerprint density at radius 3 is 3.07 bits per heavy atom. The lowest BCUT2D eigenvalue weighted by Gasteiger charge is -2.04. The summed E-state index contributed by atoms with van der Waals surface area (Å²) in [5, 5.41) is 9.74. The van der Waals surface area contributed by atoms with E-state index in [0.717, 1.165) is 16.7 Å². The molecule has 0 aliphatic rings. The van der Waals surface area contributed by atoms with Gasteiger partial charge in [-0.15, -0.1) is 0 Å². The van der Waals surface area contributed by atoms with E-state index < -0.39 is 0 Å². The van der Waals surface area contributed by atoms with E-state index in [1.54, 1.807) is 0 Å². The molecule has 0 saturated heterocycles. The monoisotopic (exact) mass is 191 g/mol. The molecule has 0 spiro atoms. The van der Waals surface area contributed by atoms with Crippen LogP contribution in [0.5, 0.6) is 5.75 Å². The number of fused-ring (bicyclic) bond motifs is 1. The molecule has 3 heteroatoms. The van der Waals surface area contributed by atoms with E-state index in [-0.39, 0.29) is 6.61 Å². The van der Waals surface area contributed by atoms with Crippen molar-refractivity contribution in [2.24, 2.45) is 0 Å². The molecule has 0 amide bonds. The zero-order valence-electron chi connectivity index (χ0n) is 7.86. The molecule has 0 radical (unpaired) electrons. The van der Waals surface area contributed by atoms with Crippen LogP contribution >= 0.6 is 0 Å². The number of aliphatic hydroxyl groups is 1. The first-order valence-corrected chi connectivity index (χ1v) is 4.71. The van der Waals surface area contributed by atoms with Gasteiger partial charge in [-0.25, -0.2) is 0 Å². The van der Waals surface area contributed by atoms with Gasteiger partial charge in [-0.1, -0.05) is 0 Å². The Kier molecular flexibility index (Phi) is 2.70. The van der Waals surface area contributed by atoms with Gasteiger partial charge in [-0.2, -0.15) is 0 Å². The van der Waals surface area contributed by atoms with Crippen molar-refractivity contribution in [3.05, 3.63) is 30.5 Å². The number of aromatic amines is 1. The van der Waals surface area contributed by atoms with E-state index in [1.807, 2.05) is 30.5 Å². The summed E-state index contributed by atoms with van der Waals surface area (Å²) in [4.78, 5) is 3.12. The molecule has 3 nitrogen and oxygen atoms in total. The number of rotatable bonds is 4. The second-order valence-corrected chi connectivity index (χ2v) is 3.15. The van der Waals surface area contributed by atoms with Crippen LogP contribution in [-0.2, 0) is 0 Å². The van der Waals surface area contributed by atoms with Gasteiger partial charge in [-0.05, 0) is 24.3 Å². The smallest absolute Gasteiger partial charge is 0.120 e. The maximum absolute atomic E-state index is 8.60. The first kappa shape index (κ1) is 9.09. The highest BCUT2D eigenvalue weighted by atomic mass is 16.5. The van der Waals surface area contributed by atoms with Crippen LogP contribution in [0.25, 0.3) is 10.9 Å². The zero-order valence-corrected chi connectivity index (χ0v) is 7.86. The van der Waals surface area contributed by atoms with Crippen molar-refractivity contribution in [2.45, 2.75) is 6.42 Å². The van der Waals surface area contributed by atoms with Crippen LogP contribution in [0.15, 0.2) is 30.5 Å². The molecule has 0 fully saturated rings. The number of H-pyrrole nitrogens is 1. The first-order chi connectivity index (χ1) is 6.90. The third kappa shape index (κ3) is 1.88. The molecular formula is C11H13NO2. The lowest BCUT2D eigenvalue weighted by atomic mass is 10.2. The summed E-state index contributed by atoms with van der Waals surface area (Å²) in [6.07, 6.45) is 2.58. The highest BCUT2D eigenvalue weighted by molar-refractivity contribution is 5.80. The average Bonchev–Trinajstić information content (AvgIpc) is 2.65. The minimum atomic E-state index is 0.173. The quantitative estimate of drug-likeness (QED) is 0.725. The minimum Gasteiger partial charge on any atom is -0.493 e. The fraction of sp³-hybridized carbons (Fsp3) is 0.273. The molecule has 0 saturated carbocycles. The van der Waals surface area contributed by atoms with Gasteiger partial charge in [0, 0.05) is 30.1 Å². The number of hydrogen-bond donors (Lipinski definition) is 2. The number of benzene rings is 1. The van der Waals surface area contributed by atoms with Crippen LogP contribution in [0.4, 0.5) is 0 Å². The zero-order chi connectivity index (χ0) is 9.80. The molecule has 14 heavy (non-hydrogen) atoms. The van der Waals surface area contributed by atoms with Gasteiger partial charge < -0.3 is 14.8 Å². The van der Waals surface area contributed by atoms with Crippen molar-refractivity contribution >= 4 is 10.9 Å². The minimum absolute atomic E-state index is 0.173. The summed E-state index contributed by atoms with van der Waals surface area (Å²) < 4.78 is 5.45. The van der Waals surface area contributed by atoms with Crippen molar-refractivity contribution < 1.29 is 9.84 Å². The Balaban J connectivity index is 2.10. The predicted molar refractivity (Wildman–Crippen MR) is 55.5 cm³/mol. The van der Waals surface area contributed by atoms with Gasteiger partial charge in [0.15, 0.2) is 0 Å². The van der Waals surface area contributed by atoms with Crippen LogP contribution in [0.3, 0.4) is 0 Å².